The molecule has 5 heterocycles. The van der Waals surface area contributed by atoms with Crippen molar-refractivity contribution < 1.29 is 9.53 Å². The molecule has 1 aromatic heterocycles. The number of rotatable bonds is 3. The van der Waals surface area contributed by atoms with Crippen molar-refractivity contribution in [3.63, 3.8) is 0 Å². The van der Waals surface area contributed by atoms with E-state index in [1.165, 1.54) is 11.8 Å². The highest BCUT2D eigenvalue weighted by Crippen LogP contribution is 2.37. The summed E-state index contributed by atoms with van der Waals surface area (Å²) in [6.07, 6.45) is 5.24. The van der Waals surface area contributed by atoms with Gasteiger partial charge in [0.15, 0.2) is 0 Å². The van der Waals surface area contributed by atoms with Gasteiger partial charge in [0.1, 0.15) is 4.32 Å². The molecule has 3 atom stereocenters. The number of thiocarbonyl (C=S) groups is 1. The van der Waals surface area contributed by atoms with Crippen molar-refractivity contribution in [2.75, 3.05) is 26.2 Å². The monoisotopic (exact) mass is 417 g/mol. The van der Waals surface area contributed by atoms with Crippen molar-refractivity contribution in [2.45, 2.75) is 37.8 Å². The molecule has 8 heteroatoms. The SMILES string of the molecule is O=C1/C(=C/N2C[C@H]3C[C@H](C2)c2cccc(=O)n2C3)SC(=S)N1C[C@@H]1CCCO1. The standard InChI is InChI=1S/C20H23N3O3S2/c24-18-5-1-4-16-14-7-13(9-22(16)18)8-21(10-14)12-17-19(25)23(20(27)28-17)11-15-3-2-6-26-15/h1,4-5,12-15H,2-3,6-11H2/b17-12-/t13-,14-,15+/m1/s1. The third-order valence-electron chi connectivity index (χ3n) is 6.09. The maximum absolute atomic E-state index is 12.9. The minimum absolute atomic E-state index is 0.00199. The lowest BCUT2D eigenvalue weighted by Crippen LogP contribution is -2.45. The number of thioether (sulfide) groups is 1. The van der Waals surface area contributed by atoms with E-state index in [1.807, 2.05) is 16.8 Å². The number of likely N-dealkylation sites (tertiary alicyclic amines) is 1. The number of carbonyl (C=O) groups is 1. The van der Waals surface area contributed by atoms with Crippen LogP contribution in [0.5, 0.6) is 0 Å². The number of piperidine rings is 1. The van der Waals surface area contributed by atoms with Gasteiger partial charge in [-0.15, -0.1) is 0 Å². The first kappa shape index (κ1) is 18.4. The summed E-state index contributed by atoms with van der Waals surface area (Å²) in [4.78, 5) is 29.7. The van der Waals surface area contributed by atoms with Crippen LogP contribution in [0.1, 0.15) is 30.9 Å². The molecule has 0 spiro atoms. The third kappa shape index (κ3) is 3.31. The van der Waals surface area contributed by atoms with E-state index >= 15 is 0 Å². The molecule has 3 fully saturated rings. The fourth-order valence-corrected chi connectivity index (χ4v) is 6.13. The first-order chi connectivity index (χ1) is 13.6. The van der Waals surface area contributed by atoms with Crippen molar-refractivity contribution in [1.82, 2.24) is 14.4 Å². The minimum atomic E-state index is -0.00199. The largest absolute Gasteiger partial charge is 0.376 e. The minimum Gasteiger partial charge on any atom is -0.376 e. The number of fused-ring (bicyclic) bond motifs is 4. The van der Waals surface area contributed by atoms with Crippen LogP contribution in [0.2, 0.25) is 0 Å². The molecule has 0 N–H and O–H groups in total. The number of amides is 1. The Morgan fingerprint density at radius 1 is 1.25 bits per heavy atom. The lowest BCUT2D eigenvalue weighted by atomic mass is 9.83. The zero-order chi connectivity index (χ0) is 19.3. The molecule has 1 aromatic rings. The van der Waals surface area contributed by atoms with E-state index in [1.54, 1.807) is 11.0 Å². The number of hydrogen-bond donors (Lipinski definition) is 0. The van der Waals surface area contributed by atoms with Crippen LogP contribution in [-0.4, -0.2) is 56.9 Å². The molecule has 3 saturated heterocycles. The number of aromatic nitrogens is 1. The molecule has 0 aromatic carbocycles. The Morgan fingerprint density at radius 3 is 2.96 bits per heavy atom. The van der Waals surface area contributed by atoms with Gasteiger partial charge in [0.2, 0.25) is 0 Å². The number of ether oxygens (including phenoxy) is 1. The van der Waals surface area contributed by atoms with Crippen LogP contribution in [0.4, 0.5) is 0 Å². The van der Waals surface area contributed by atoms with Crippen molar-refractivity contribution in [3.8, 4) is 0 Å². The molecular weight excluding hydrogens is 394 g/mol. The fourth-order valence-electron chi connectivity index (χ4n) is 4.84. The normalized spacial score (nSPS) is 31.0. The topological polar surface area (TPSA) is 54.8 Å². The van der Waals surface area contributed by atoms with Gasteiger partial charge >= 0.3 is 0 Å². The quantitative estimate of drug-likeness (QED) is 0.555. The summed E-state index contributed by atoms with van der Waals surface area (Å²) in [6, 6.07) is 5.55. The predicted molar refractivity (Wildman–Crippen MR) is 112 cm³/mol. The van der Waals surface area contributed by atoms with Gasteiger partial charge in [-0.05, 0) is 31.2 Å². The number of pyridine rings is 1. The van der Waals surface area contributed by atoms with Gasteiger partial charge in [-0.25, -0.2) is 0 Å². The first-order valence-electron chi connectivity index (χ1n) is 9.89. The van der Waals surface area contributed by atoms with Crippen molar-refractivity contribution in [2.24, 2.45) is 5.92 Å². The van der Waals surface area contributed by atoms with E-state index in [9.17, 15) is 9.59 Å². The Kier molecular flexibility index (Phi) is 4.80. The van der Waals surface area contributed by atoms with Gasteiger partial charge < -0.3 is 14.2 Å². The van der Waals surface area contributed by atoms with Crippen molar-refractivity contribution in [3.05, 3.63) is 45.4 Å². The summed E-state index contributed by atoms with van der Waals surface area (Å²) < 4.78 is 8.22. The molecule has 0 unspecified atom stereocenters. The highest BCUT2D eigenvalue weighted by atomic mass is 32.2. The molecule has 2 bridgehead atoms. The van der Waals surface area contributed by atoms with E-state index in [4.69, 9.17) is 17.0 Å². The van der Waals surface area contributed by atoms with E-state index in [2.05, 4.69) is 11.0 Å². The summed E-state index contributed by atoms with van der Waals surface area (Å²) in [7, 11) is 0. The second kappa shape index (κ2) is 7.31. The van der Waals surface area contributed by atoms with Crippen molar-refractivity contribution in [1.29, 1.82) is 0 Å². The Hall–Kier alpha value is -1.64. The molecule has 0 aliphatic carbocycles. The molecule has 5 rings (SSSR count). The van der Waals surface area contributed by atoms with Crippen molar-refractivity contribution >= 4 is 34.2 Å². The average Bonchev–Trinajstić information content (AvgIpc) is 3.27. The van der Waals surface area contributed by atoms with Gasteiger partial charge in [0.25, 0.3) is 11.5 Å². The molecular formula is C20H23N3O3S2. The third-order valence-corrected chi connectivity index (χ3v) is 7.46. The summed E-state index contributed by atoms with van der Waals surface area (Å²) >= 11 is 6.85. The first-order valence-corrected chi connectivity index (χ1v) is 11.1. The highest BCUT2D eigenvalue weighted by Gasteiger charge is 2.37. The van der Waals surface area contributed by atoms with Gasteiger partial charge in [0, 0.05) is 50.1 Å². The molecule has 0 radical (unpaired) electrons. The second-order valence-electron chi connectivity index (χ2n) is 8.06. The Balaban J connectivity index is 1.32. The summed E-state index contributed by atoms with van der Waals surface area (Å²) in [5.41, 5.74) is 1.21. The molecule has 148 valence electrons. The lowest BCUT2D eigenvalue weighted by Gasteiger charge is -2.42. The maximum Gasteiger partial charge on any atom is 0.267 e. The summed E-state index contributed by atoms with van der Waals surface area (Å²) in [5, 5.41) is 0. The molecule has 0 saturated carbocycles. The Bertz CT molecular complexity index is 906. The van der Waals surface area contributed by atoms with Gasteiger partial charge in [0.05, 0.1) is 17.6 Å². The van der Waals surface area contributed by atoms with Crippen LogP contribution < -0.4 is 5.56 Å². The van der Waals surface area contributed by atoms with Gasteiger partial charge in [-0.1, -0.05) is 30.0 Å². The van der Waals surface area contributed by atoms with E-state index < -0.39 is 0 Å². The lowest BCUT2D eigenvalue weighted by molar-refractivity contribution is -0.123. The van der Waals surface area contributed by atoms with Crippen LogP contribution in [0, 0.1) is 5.92 Å². The van der Waals surface area contributed by atoms with Crippen LogP contribution >= 0.6 is 24.0 Å². The molecule has 4 aliphatic heterocycles. The number of nitrogens with zero attached hydrogens (tertiary/aromatic N) is 3. The summed E-state index contributed by atoms with van der Waals surface area (Å²) in [6.45, 7) is 3.79. The summed E-state index contributed by atoms with van der Waals surface area (Å²) in [5.74, 6) is 0.757. The Morgan fingerprint density at radius 2 is 2.14 bits per heavy atom. The van der Waals surface area contributed by atoms with Crippen LogP contribution in [-0.2, 0) is 16.1 Å². The Labute approximate surface area is 173 Å². The second-order valence-corrected chi connectivity index (χ2v) is 9.74. The van der Waals surface area contributed by atoms with Crippen LogP contribution in [0.25, 0.3) is 0 Å². The molecule has 1 amide bonds. The molecule has 28 heavy (non-hydrogen) atoms. The molecule has 6 nitrogen and oxygen atoms in total. The smallest absolute Gasteiger partial charge is 0.267 e. The van der Waals surface area contributed by atoms with Gasteiger partial charge in [-0.3, -0.25) is 14.5 Å². The highest BCUT2D eigenvalue weighted by molar-refractivity contribution is 8.26. The van der Waals surface area contributed by atoms with Gasteiger partial charge in [-0.2, -0.15) is 0 Å². The average molecular weight is 418 g/mol. The van der Waals surface area contributed by atoms with Crippen LogP contribution in [0.15, 0.2) is 34.1 Å². The number of carbonyl (C=O) groups excluding carboxylic acids is 1. The fraction of sp³-hybridized carbons (Fsp3) is 0.550. The zero-order valence-electron chi connectivity index (χ0n) is 15.6. The number of hydrogen-bond acceptors (Lipinski definition) is 6. The maximum atomic E-state index is 12.9. The molecule has 4 aliphatic rings. The predicted octanol–water partition coefficient (Wildman–Crippen LogP) is 2.15. The van der Waals surface area contributed by atoms with Crippen LogP contribution in [0.3, 0.4) is 0 Å². The zero-order valence-corrected chi connectivity index (χ0v) is 17.2. The van der Waals surface area contributed by atoms with E-state index in [0.29, 0.717) is 27.6 Å². The van der Waals surface area contributed by atoms with E-state index in [0.717, 1.165) is 51.2 Å². The van der Waals surface area contributed by atoms with E-state index in [-0.39, 0.29) is 17.6 Å².